The highest BCUT2D eigenvalue weighted by molar-refractivity contribution is 7.92. The van der Waals surface area contributed by atoms with Gasteiger partial charge in [0.1, 0.15) is 6.54 Å². The van der Waals surface area contributed by atoms with Crippen LogP contribution in [0.3, 0.4) is 0 Å². The second-order valence-corrected chi connectivity index (χ2v) is 9.69. The number of benzene rings is 2. The first kappa shape index (κ1) is 26.3. The molecule has 0 aliphatic heterocycles. The number of amides is 2. The van der Waals surface area contributed by atoms with Crippen molar-refractivity contribution in [2.45, 2.75) is 20.4 Å². The summed E-state index contributed by atoms with van der Waals surface area (Å²) in [5.41, 5.74) is 1.79. The van der Waals surface area contributed by atoms with Crippen LogP contribution in [0, 0.1) is 0 Å². The normalized spacial score (nSPS) is 11.3. The Morgan fingerprint density at radius 3 is 2.06 bits per heavy atom. The summed E-state index contributed by atoms with van der Waals surface area (Å²) in [5.74, 6) is -0.420. The molecule has 0 aliphatic rings. The molecular formula is C24H34N4O4S. The summed E-state index contributed by atoms with van der Waals surface area (Å²) in [4.78, 5) is 31.5. The van der Waals surface area contributed by atoms with Gasteiger partial charge in [-0.3, -0.25) is 14.3 Å². The van der Waals surface area contributed by atoms with Gasteiger partial charge in [0, 0.05) is 37.9 Å². The second kappa shape index (κ2) is 12.4. The van der Waals surface area contributed by atoms with Crippen LogP contribution in [0.5, 0.6) is 0 Å². The van der Waals surface area contributed by atoms with Crippen LogP contribution < -0.4 is 4.72 Å². The van der Waals surface area contributed by atoms with Crippen molar-refractivity contribution in [1.82, 2.24) is 14.7 Å². The van der Waals surface area contributed by atoms with Crippen LogP contribution in [0.15, 0.2) is 54.6 Å². The predicted octanol–water partition coefficient (Wildman–Crippen LogP) is 2.50. The molecule has 2 amide bonds. The van der Waals surface area contributed by atoms with Crippen LogP contribution in [0.25, 0.3) is 0 Å². The van der Waals surface area contributed by atoms with Gasteiger partial charge in [-0.05, 0) is 42.9 Å². The van der Waals surface area contributed by atoms with E-state index in [0.717, 1.165) is 24.9 Å². The predicted molar refractivity (Wildman–Crippen MR) is 132 cm³/mol. The first-order valence-corrected chi connectivity index (χ1v) is 12.9. The fourth-order valence-electron chi connectivity index (χ4n) is 3.36. The Bertz CT molecular complexity index is 1010. The van der Waals surface area contributed by atoms with Crippen molar-refractivity contribution in [3.63, 3.8) is 0 Å². The van der Waals surface area contributed by atoms with Gasteiger partial charge in [0.2, 0.25) is 15.9 Å². The van der Waals surface area contributed by atoms with Crippen LogP contribution in [-0.2, 0) is 21.4 Å². The van der Waals surface area contributed by atoms with Gasteiger partial charge in [0.05, 0.1) is 6.26 Å². The number of sulfonamides is 1. The molecule has 2 rings (SSSR count). The summed E-state index contributed by atoms with van der Waals surface area (Å²) in [6.45, 7) is 7.32. The van der Waals surface area contributed by atoms with Gasteiger partial charge in [-0.15, -0.1) is 0 Å². The molecule has 180 valence electrons. The molecule has 1 N–H and O–H groups in total. The second-order valence-electron chi connectivity index (χ2n) is 7.94. The molecule has 0 aliphatic carbocycles. The average Bonchev–Trinajstić information content (AvgIpc) is 2.78. The van der Waals surface area contributed by atoms with Crippen molar-refractivity contribution in [3.05, 3.63) is 65.7 Å². The van der Waals surface area contributed by atoms with E-state index in [9.17, 15) is 18.0 Å². The summed E-state index contributed by atoms with van der Waals surface area (Å²) in [7, 11) is -1.67. The zero-order chi connectivity index (χ0) is 24.4. The lowest BCUT2D eigenvalue weighted by Gasteiger charge is -2.28. The Balaban J connectivity index is 2.14. The van der Waals surface area contributed by atoms with E-state index in [1.165, 1.54) is 0 Å². The van der Waals surface area contributed by atoms with Gasteiger partial charge in [-0.1, -0.05) is 44.2 Å². The molecule has 0 fully saturated rings. The van der Waals surface area contributed by atoms with E-state index in [4.69, 9.17) is 0 Å². The van der Waals surface area contributed by atoms with Crippen LogP contribution >= 0.6 is 0 Å². The SMILES string of the molecule is CCN(CC)CCN(CC(=O)N(C)Cc1ccccc1)C(=O)c1ccc(NS(C)(=O)=O)cc1. The summed E-state index contributed by atoms with van der Waals surface area (Å²) >= 11 is 0. The number of hydrogen-bond acceptors (Lipinski definition) is 5. The molecule has 0 spiro atoms. The monoisotopic (exact) mass is 474 g/mol. The quantitative estimate of drug-likeness (QED) is 0.511. The number of anilines is 1. The molecule has 0 saturated carbocycles. The molecule has 0 saturated heterocycles. The van der Waals surface area contributed by atoms with Crippen LogP contribution in [0.4, 0.5) is 5.69 Å². The van der Waals surface area contributed by atoms with Crippen LogP contribution in [-0.4, -0.2) is 81.0 Å². The maximum atomic E-state index is 13.2. The number of likely N-dealkylation sites (N-methyl/N-ethyl adjacent to an activating group) is 2. The van der Waals surface area contributed by atoms with E-state index >= 15 is 0 Å². The Labute approximate surface area is 197 Å². The molecule has 9 heteroatoms. The highest BCUT2D eigenvalue weighted by atomic mass is 32.2. The van der Waals surface area contributed by atoms with E-state index in [2.05, 4.69) is 23.5 Å². The molecule has 2 aromatic carbocycles. The molecule has 33 heavy (non-hydrogen) atoms. The number of nitrogens with zero attached hydrogens (tertiary/aromatic N) is 3. The number of carbonyl (C=O) groups excluding carboxylic acids is 2. The number of hydrogen-bond donors (Lipinski definition) is 1. The van der Waals surface area contributed by atoms with E-state index in [1.54, 1.807) is 41.1 Å². The highest BCUT2D eigenvalue weighted by Gasteiger charge is 2.21. The van der Waals surface area contributed by atoms with Gasteiger partial charge in [-0.2, -0.15) is 0 Å². The van der Waals surface area contributed by atoms with Gasteiger partial charge in [0.15, 0.2) is 0 Å². The topological polar surface area (TPSA) is 90.0 Å². The number of nitrogens with one attached hydrogen (secondary N) is 1. The number of carbonyl (C=O) groups is 2. The molecule has 0 heterocycles. The van der Waals surface area contributed by atoms with Gasteiger partial charge < -0.3 is 14.7 Å². The fraction of sp³-hybridized carbons (Fsp3) is 0.417. The molecular weight excluding hydrogens is 440 g/mol. The minimum atomic E-state index is -3.40. The largest absolute Gasteiger partial charge is 0.340 e. The Hall–Kier alpha value is -2.91. The van der Waals surface area contributed by atoms with Crippen molar-refractivity contribution in [2.24, 2.45) is 0 Å². The van der Waals surface area contributed by atoms with Crippen molar-refractivity contribution >= 4 is 27.5 Å². The van der Waals surface area contributed by atoms with Crippen LogP contribution in [0.2, 0.25) is 0 Å². The number of rotatable bonds is 12. The van der Waals surface area contributed by atoms with Gasteiger partial charge in [0.25, 0.3) is 5.91 Å². The van der Waals surface area contributed by atoms with Crippen molar-refractivity contribution in [3.8, 4) is 0 Å². The van der Waals surface area contributed by atoms with Gasteiger partial charge in [-0.25, -0.2) is 8.42 Å². The smallest absolute Gasteiger partial charge is 0.254 e. The third-order valence-corrected chi connectivity index (χ3v) is 5.92. The third kappa shape index (κ3) is 8.86. The van der Waals surface area contributed by atoms with E-state index < -0.39 is 10.0 Å². The van der Waals surface area contributed by atoms with Crippen molar-refractivity contribution < 1.29 is 18.0 Å². The van der Waals surface area contributed by atoms with Crippen molar-refractivity contribution in [1.29, 1.82) is 0 Å². The van der Waals surface area contributed by atoms with E-state index in [1.807, 2.05) is 30.3 Å². The Kier molecular flexibility index (Phi) is 9.87. The highest BCUT2D eigenvalue weighted by Crippen LogP contribution is 2.13. The van der Waals surface area contributed by atoms with Crippen LogP contribution in [0.1, 0.15) is 29.8 Å². The van der Waals surface area contributed by atoms with E-state index in [0.29, 0.717) is 30.9 Å². The van der Waals surface area contributed by atoms with Gasteiger partial charge >= 0.3 is 0 Å². The van der Waals surface area contributed by atoms with Crippen molar-refractivity contribution in [2.75, 3.05) is 50.7 Å². The molecule has 2 aromatic rings. The average molecular weight is 475 g/mol. The molecule has 0 bridgehead atoms. The Morgan fingerprint density at radius 2 is 1.52 bits per heavy atom. The lowest BCUT2D eigenvalue weighted by Crippen LogP contribution is -2.44. The first-order chi connectivity index (χ1) is 15.6. The maximum Gasteiger partial charge on any atom is 0.254 e. The lowest BCUT2D eigenvalue weighted by molar-refractivity contribution is -0.131. The summed E-state index contributed by atoms with van der Waals surface area (Å²) < 4.78 is 25.2. The standard InChI is InChI=1S/C24H34N4O4S/c1-5-27(6-2)16-17-28(19-23(29)26(3)18-20-10-8-7-9-11-20)24(30)21-12-14-22(15-13-21)25-33(4,31)32/h7-15,25H,5-6,16-19H2,1-4H3. The molecule has 0 aromatic heterocycles. The summed E-state index contributed by atoms with van der Waals surface area (Å²) in [6, 6.07) is 15.9. The molecule has 8 nitrogen and oxygen atoms in total. The zero-order valence-corrected chi connectivity index (χ0v) is 20.6. The summed E-state index contributed by atoms with van der Waals surface area (Å²) in [5, 5.41) is 0. The Morgan fingerprint density at radius 1 is 0.909 bits per heavy atom. The molecule has 0 atom stereocenters. The first-order valence-electron chi connectivity index (χ1n) is 11.0. The minimum absolute atomic E-state index is 0.0349. The third-order valence-electron chi connectivity index (χ3n) is 5.32. The molecule has 0 radical (unpaired) electrons. The molecule has 0 unspecified atom stereocenters. The fourth-order valence-corrected chi connectivity index (χ4v) is 3.93. The lowest BCUT2D eigenvalue weighted by atomic mass is 10.1. The van der Waals surface area contributed by atoms with E-state index in [-0.39, 0.29) is 18.4 Å². The zero-order valence-electron chi connectivity index (χ0n) is 19.8. The maximum absolute atomic E-state index is 13.2. The summed E-state index contributed by atoms with van der Waals surface area (Å²) in [6.07, 6.45) is 1.07. The minimum Gasteiger partial charge on any atom is -0.340 e.